The van der Waals surface area contributed by atoms with Gasteiger partial charge in [-0.15, -0.1) is 11.3 Å². The molecule has 2 rings (SSSR count). The van der Waals surface area contributed by atoms with Crippen LogP contribution in [0.1, 0.15) is 22.2 Å². The molecule has 1 heterocycles. The SMILES string of the molecule is CCOc1ccc(C(=O)c2sccc2Cl)cc1Br. The lowest BCUT2D eigenvalue weighted by molar-refractivity contribution is 0.104. The fourth-order valence-corrected chi connectivity index (χ4v) is 3.10. The fourth-order valence-electron chi connectivity index (χ4n) is 1.50. The van der Waals surface area contributed by atoms with Gasteiger partial charge in [-0.1, -0.05) is 11.6 Å². The van der Waals surface area contributed by atoms with Crippen LogP contribution in [0.2, 0.25) is 5.02 Å². The van der Waals surface area contributed by atoms with Crippen molar-refractivity contribution in [3.63, 3.8) is 0 Å². The van der Waals surface area contributed by atoms with Crippen molar-refractivity contribution >= 4 is 44.7 Å². The lowest BCUT2D eigenvalue weighted by atomic mass is 10.1. The molecule has 0 saturated heterocycles. The van der Waals surface area contributed by atoms with E-state index in [0.717, 1.165) is 10.2 Å². The van der Waals surface area contributed by atoms with Crippen molar-refractivity contribution < 1.29 is 9.53 Å². The third-order valence-electron chi connectivity index (χ3n) is 2.32. The molecule has 0 aliphatic rings. The Hall–Kier alpha value is -0.840. The van der Waals surface area contributed by atoms with Crippen molar-refractivity contribution in [1.29, 1.82) is 0 Å². The van der Waals surface area contributed by atoms with E-state index in [0.29, 0.717) is 22.1 Å². The van der Waals surface area contributed by atoms with E-state index in [1.54, 1.807) is 29.6 Å². The molecule has 2 aromatic rings. The first kappa shape index (κ1) is 13.6. The van der Waals surface area contributed by atoms with Crippen molar-refractivity contribution in [3.8, 4) is 5.75 Å². The number of hydrogen-bond acceptors (Lipinski definition) is 3. The van der Waals surface area contributed by atoms with Crippen LogP contribution in [0.3, 0.4) is 0 Å². The lowest BCUT2D eigenvalue weighted by Gasteiger charge is -2.07. The highest BCUT2D eigenvalue weighted by molar-refractivity contribution is 9.10. The Kier molecular flexibility index (Phi) is 4.43. The average Bonchev–Trinajstić information content (AvgIpc) is 2.77. The molecule has 0 aliphatic heterocycles. The molecule has 0 atom stereocenters. The van der Waals surface area contributed by atoms with Gasteiger partial charge in [0, 0.05) is 5.56 Å². The molecule has 18 heavy (non-hydrogen) atoms. The van der Waals surface area contributed by atoms with Gasteiger partial charge in [-0.25, -0.2) is 0 Å². The largest absolute Gasteiger partial charge is 0.493 e. The van der Waals surface area contributed by atoms with Crippen LogP contribution in [0.5, 0.6) is 5.75 Å². The van der Waals surface area contributed by atoms with Gasteiger partial charge in [0.25, 0.3) is 0 Å². The molecular formula is C13H10BrClO2S. The Morgan fingerprint density at radius 3 is 2.78 bits per heavy atom. The molecule has 0 amide bonds. The second kappa shape index (κ2) is 5.87. The molecule has 5 heteroatoms. The fraction of sp³-hybridized carbons (Fsp3) is 0.154. The summed E-state index contributed by atoms with van der Waals surface area (Å²) in [5.41, 5.74) is 0.592. The van der Waals surface area contributed by atoms with Crippen LogP contribution in [0.15, 0.2) is 34.1 Å². The molecule has 0 unspecified atom stereocenters. The smallest absolute Gasteiger partial charge is 0.204 e. The molecule has 0 saturated carbocycles. The first-order valence-electron chi connectivity index (χ1n) is 5.33. The Balaban J connectivity index is 2.32. The summed E-state index contributed by atoms with van der Waals surface area (Å²) in [6.07, 6.45) is 0. The topological polar surface area (TPSA) is 26.3 Å². The van der Waals surface area contributed by atoms with E-state index in [-0.39, 0.29) is 5.78 Å². The molecule has 1 aromatic heterocycles. The van der Waals surface area contributed by atoms with E-state index in [9.17, 15) is 4.79 Å². The number of halogens is 2. The van der Waals surface area contributed by atoms with Crippen LogP contribution < -0.4 is 4.74 Å². The highest BCUT2D eigenvalue weighted by Crippen LogP contribution is 2.29. The first-order valence-corrected chi connectivity index (χ1v) is 7.38. The van der Waals surface area contributed by atoms with Gasteiger partial charge < -0.3 is 4.74 Å². The summed E-state index contributed by atoms with van der Waals surface area (Å²) in [6, 6.07) is 7.00. The summed E-state index contributed by atoms with van der Waals surface area (Å²) in [4.78, 5) is 12.8. The monoisotopic (exact) mass is 344 g/mol. The van der Waals surface area contributed by atoms with Crippen LogP contribution in [-0.2, 0) is 0 Å². The number of ether oxygens (including phenoxy) is 1. The van der Waals surface area contributed by atoms with E-state index < -0.39 is 0 Å². The number of carbonyl (C=O) groups is 1. The van der Waals surface area contributed by atoms with Gasteiger partial charge in [-0.2, -0.15) is 0 Å². The highest BCUT2D eigenvalue weighted by atomic mass is 79.9. The Morgan fingerprint density at radius 1 is 1.44 bits per heavy atom. The summed E-state index contributed by atoms with van der Waals surface area (Å²) in [5.74, 6) is 0.657. The second-order valence-electron chi connectivity index (χ2n) is 3.51. The van der Waals surface area contributed by atoms with Crippen molar-refractivity contribution in [2.24, 2.45) is 0 Å². The minimum atomic E-state index is -0.0706. The number of benzene rings is 1. The number of carbonyl (C=O) groups excluding carboxylic acids is 1. The Labute approximate surface area is 123 Å². The van der Waals surface area contributed by atoms with Gasteiger partial charge in [0.1, 0.15) is 5.75 Å². The quantitative estimate of drug-likeness (QED) is 0.744. The molecule has 2 nitrogen and oxygen atoms in total. The molecular weight excluding hydrogens is 336 g/mol. The number of hydrogen-bond donors (Lipinski definition) is 0. The zero-order chi connectivity index (χ0) is 13.1. The van der Waals surface area contributed by atoms with Gasteiger partial charge in [0.15, 0.2) is 0 Å². The molecule has 94 valence electrons. The number of thiophene rings is 1. The summed E-state index contributed by atoms with van der Waals surface area (Å²) < 4.78 is 6.17. The molecule has 0 N–H and O–H groups in total. The number of rotatable bonds is 4. The first-order chi connectivity index (χ1) is 8.63. The van der Waals surface area contributed by atoms with Crippen LogP contribution in [0, 0.1) is 0 Å². The van der Waals surface area contributed by atoms with Gasteiger partial charge >= 0.3 is 0 Å². The van der Waals surface area contributed by atoms with E-state index in [1.165, 1.54) is 11.3 Å². The second-order valence-corrected chi connectivity index (χ2v) is 5.68. The van der Waals surface area contributed by atoms with Crippen LogP contribution in [0.25, 0.3) is 0 Å². The predicted octanol–water partition coefficient (Wildman–Crippen LogP) is 4.79. The third-order valence-corrected chi connectivity index (χ3v) is 4.28. The average molecular weight is 346 g/mol. The van der Waals surface area contributed by atoms with Gasteiger partial charge in [0.05, 0.1) is 21.0 Å². The summed E-state index contributed by atoms with van der Waals surface area (Å²) in [7, 11) is 0. The maximum Gasteiger partial charge on any atom is 0.204 e. The Bertz CT molecular complexity index is 580. The van der Waals surface area contributed by atoms with E-state index in [2.05, 4.69) is 15.9 Å². The van der Waals surface area contributed by atoms with E-state index in [1.807, 2.05) is 6.92 Å². The van der Waals surface area contributed by atoms with Crippen molar-refractivity contribution in [2.75, 3.05) is 6.61 Å². The Morgan fingerprint density at radius 2 is 2.22 bits per heavy atom. The molecule has 0 spiro atoms. The lowest BCUT2D eigenvalue weighted by Crippen LogP contribution is -2.00. The molecule has 0 fully saturated rings. The zero-order valence-corrected chi connectivity index (χ0v) is 12.7. The standard InChI is InChI=1S/C13H10BrClO2S/c1-2-17-11-4-3-8(7-9(11)14)12(16)13-10(15)5-6-18-13/h3-7H,2H2,1H3. The molecule has 0 radical (unpaired) electrons. The third kappa shape index (κ3) is 2.76. The molecule has 0 bridgehead atoms. The van der Waals surface area contributed by atoms with Crippen LogP contribution in [-0.4, -0.2) is 12.4 Å². The highest BCUT2D eigenvalue weighted by Gasteiger charge is 2.15. The van der Waals surface area contributed by atoms with Crippen molar-refractivity contribution in [2.45, 2.75) is 6.92 Å². The van der Waals surface area contributed by atoms with Gasteiger partial charge in [-0.3, -0.25) is 4.79 Å². The van der Waals surface area contributed by atoms with Crippen molar-refractivity contribution in [3.05, 3.63) is 49.6 Å². The maximum absolute atomic E-state index is 12.2. The van der Waals surface area contributed by atoms with E-state index in [4.69, 9.17) is 16.3 Å². The molecule has 1 aromatic carbocycles. The summed E-state index contributed by atoms with van der Waals surface area (Å²) in [5, 5.41) is 2.30. The van der Waals surface area contributed by atoms with Crippen molar-refractivity contribution in [1.82, 2.24) is 0 Å². The van der Waals surface area contributed by atoms with Gasteiger partial charge in [-0.05, 0) is 52.5 Å². The minimum absolute atomic E-state index is 0.0706. The maximum atomic E-state index is 12.2. The van der Waals surface area contributed by atoms with Gasteiger partial charge in [0.2, 0.25) is 5.78 Å². The minimum Gasteiger partial charge on any atom is -0.493 e. The normalized spacial score (nSPS) is 10.4. The number of ketones is 1. The zero-order valence-electron chi connectivity index (χ0n) is 9.57. The summed E-state index contributed by atoms with van der Waals surface area (Å²) in [6.45, 7) is 2.50. The molecule has 0 aliphatic carbocycles. The van der Waals surface area contributed by atoms with Crippen LogP contribution in [0.4, 0.5) is 0 Å². The predicted molar refractivity (Wildman–Crippen MR) is 78.1 cm³/mol. The van der Waals surface area contributed by atoms with Crippen LogP contribution >= 0.6 is 38.9 Å². The van der Waals surface area contributed by atoms with E-state index >= 15 is 0 Å². The summed E-state index contributed by atoms with van der Waals surface area (Å²) >= 11 is 10.7.